The number of rotatable bonds is 5. The summed E-state index contributed by atoms with van der Waals surface area (Å²) in [6.07, 6.45) is 3.90. The van der Waals surface area contributed by atoms with Crippen molar-refractivity contribution in [2.24, 2.45) is 0 Å². The lowest BCUT2D eigenvalue weighted by Crippen LogP contribution is -2.40. The SMILES string of the molecule is CC(=O)N1C=Cc2ccccc2C1CC(=O)N(Cc1ccc(C#N)cc1)C(C)C. The van der Waals surface area contributed by atoms with Crippen LogP contribution in [0.5, 0.6) is 0 Å². The van der Waals surface area contributed by atoms with Gasteiger partial charge in [0.15, 0.2) is 0 Å². The van der Waals surface area contributed by atoms with Crippen LogP contribution in [0.1, 0.15) is 55.5 Å². The number of fused-ring (bicyclic) bond motifs is 1. The highest BCUT2D eigenvalue weighted by Gasteiger charge is 2.30. The number of nitrogens with zero attached hydrogens (tertiary/aromatic N) is 3. The van der Waals surface area contributed by atoms with E-state index in [0.29, 0.717) is 12.1 Å². The highest BCUT2D eigenvalue weighted by atomic mass is 16.2. The van der Waals surface area contributed by atoms with E-state index in [1.165, 1.54) is 6.92 Å². The summed E-state index contributed by atoms with van der Waals surface area (Å²) < 4.78 is 0. The highest BCUT2D eigenvalue weighted by molar-refractivity contribution is 5.82. The summed E-state index contributed by atoms with van der Waals surface area (Å²) in [5, 5.41) is 8.97. The van der Waals surface area contributed by atoms with Crippen LogP contribution in [0.15, 0.2) is 54.7 Å². The Labute approximate surface area is 171 Å². The van der Waals surface area contributed by atoms with E-state index < -0.39 is 0 Å². The van der Waals surface area contributed by atoms with Crippen molar-refractivity contribution in [3.8, 4) is 6.07 Å². The van der Waals surface area contributed by atoms with E-state index in [0.717, 1.165) is 16.7 Å². The average Bonchev–Trinajstić information content (AvgIpc) is 2.72. The normalized spacial score (nSPS) is 15.0. The number of amides is 2. The summed E-state index contributed by atoms with van der Waals surface area (Å²) in [7, 11) is 0. The van der Waals surface area contributed by atoms with Crippen molar-refractivity contribution >= 4 is 17.9 Å². The van der Waals surface area contributed by atoms with Crippen molar-refractivity contribution in [3.05, 3.63) is 77.0 Å². The molecule has 0 aromatic heterocycles. The van der Waals surface area contributed by atoms with Crippen LogP contribution in [0.4, 0.5) is 0 Å². The van der Waals surface area contributed by atoms with Crippen LogP contribution in [-0.4, -0.2) is 27.7 Å². The Morgan fingerprint density at radius 3 is 2.45 bits per heavy atom. The molecule has 1 heterocycles. The summed E-state index contributed by atoms with van der Waals surface area (Å²) in [6.45, 7) is 5.96. The van der Waals surface area contributed by atoms with Crippen LogP contribution in [0.3, 0.4) is 0 Å². The van der Waals surface area contributed by atoms with Gasteiger partial charge in [-0.05, 0) is 48.7 Å². The van der Waals surface area contributed by atoms with Crippen LogP contribution < -0.4 is 0 Å². The molecule has 0 spiro atoms. The minimum absolute atomic E-state index is 0.00860. The Bertz CT molecular complexity index is 970. The van der Waals surface area contributed by atoms with Crippen molar-refractivity contribution < 1.29 is 9.59 Å². The topological polar surface area (TPSA) is 64.4 Å². The number of benzene rings is 2. The van der Waals surface area contributed by atoms with Gasteiger partial charge < -0.3 is 9.80 Å². The average molecular weight is 387 g/mol. The summed E-state index contributed by atoms with van der Waals surface area (Å²) in [5.41, 5.74) is 3.59. The molecule has 5 heteroatoms. The first-order valence-electron chi connectivity index (χ1n) is 9.75. The molecule has 0 N–H and O–H groups in total. The summed E-state index contributed by atoms with van der Waals surface area (Å²) in [6, 6.07) is 16.9. The van der Waals surface area contributed by atoms with E-state index >= 15 is 0 Å². The summed E-state index contributed by atoms with van der Waals surface area (Å²) in [4.78, 5) is 28.9. The van der Waals surface area contributed by atoms with Crippen LogP contribution in [0.25, 0.3) is 6.08 Å². The Morgan fingerprint density at radius 2 is 1.83 bits per heavy atom. The van der Waals surface area contributed by atoms with Crippen molar-refractivity contribution in [1.29, 1.82) is 5.26 Å². The van der Waals surface area contributed by atoms with Crippen LogP contribution in [0, 0.1) is 11.3 Å². The highest BCUT2D eigenvalue weighted by Crippen LogP contribution is 2.33. The number of carbonyl (C=O) groups is 2. The van der Waals surface area contributed by atoms with Crippen LogP contribution in [-0.2, 0) is 16.1 Å². The van der Waals surface area contributed by atoms with Gasteiger partial charge in [-0.3, -0.25) is 9.59 Å². The van der Waals surface area contributed by atoms with E-state index in [1.807, 2.05) is 61.2 Å². The van der Waals surface area contributed by atoms with Gasteiger partial charge in [-0.25, -0.2) is 0 Å². The zero-order chi connectivity index (χ0) is 21.0. The first-order chi connectivity index (χ1) is 13.9. The van der Waals surface area contributed by atoms with Crippen molar-refractivity contribution in [2.75, 3.05) is 0 Å². The van der Waals surface area contributed by atoms with E-state index in [9.17, 15) is 9.59 Å². The molecule has 2 aromatic rings. The molecular formula is C24H25N3O2. The van der Waals surface area contributed by atoms with Gasteiger partial charge in [0.25, 0.3) is 0 Å². The minimum Gasteiger partial charge on any atom is -0.336 e. The third kappa shape index (κ3) is 4.55. The van der Waals surface area contributed by atoms with Gasteiger partial charge in [0.05, 0.1) is 24.1 Å². The zero-order valence-electron chi connectivity index (χ0n) is 17.0. The van der Waals surface area contributed by atoms with Crippen molar-refractivity contribution in [1.82, 2.24) is 9.80 Å². The lowest BCUT2D eigenvalue weighted by molar-refractivity contribution is -0.136. The molecule has 2 amide bonds. The molecule has 148 valence electrons. The number of nitriles is 1. The predicted molar refractivity (Wildman–Crippen MR) is 112 cm³/mol. The van der Waals surface area contributed by atoms with E-state index in [-0.39, 0.29) is 30.3 Å². The van der Waals surface area contributed by atoms with Crippen molar-refractivity contribution in [2.45, 2.75) is 45.8 Å². The maximum absolute atomic E-state index is 13.3. The molecule has 0 bridgehead atoms. The maximum atomic E-state index is 13.3. The molecule has 0 saturated heterocycles. The lowest BCUT2D eigenvalue weighted by Gasteiger charge is -2.35. The van der Waals surface area contributed by atoms with E-state index in [2.05, 4.69) is 6.07 Å². The van der Waals surface area contributed by atoms with Gasteiger partial charge in [-0.15, -0.1) is 0 Å². The monoisotopic (exact) mass is 387 g/mol. The number of carbonyl (C=O) groups excluding carboxylic acids is 2. The summed E-state index contributed by atoms with van der Waals surface area (Å²) >= 11 is 0. The first kappa shape index (κ1) is 20.3. The Morgan fingerprint density at radius 1 is 1.14 bits per heavy atom. The molecular weight excluding hydrogens is 362 g/mol. The molecule has 0 aliphatic carbocycles. The molecule has 2 aromatic carbocycles. The molecule has 3 rings (SSSR count). The molecule has 1 aliphatic rings. The number of hydrogen-bond donors (Lipinski definition) is 0. The number of hydrogen-bond acceptors (Lipinski definition) is 3. The van der Waals surface area contributed by atoms with Gasteiger partial charge in [0.1, 0.15) is 0 Å². The van der Waals surface area contributed by atoms with Crippen LogP contribution in [0.2, 0.25) is 0 Å². The van der Waals surface area contributed by atoms with Crippen molar-refractivity contribution in [3.63, 3.8) is 0 Å². The molecule has 0 radical (unpaired) electrons. The third-order valence-corrected chi connectivity index (χ3v) is 5.22. The first-order valence-corrected chi connectivity index (χ1v) is 9.75. The fourth-order valence-corrected chi connectivity index (χ4v) is 3.64. The second-order valence-electron chi connectivity index (χ2n) is 7.51. The zero-order valence-corrected chi connectivity index (χ0v) is 17.0. The molecule has 1 unspecified atom stereocenters. The molecule has 1 atom stereocenters. The lowest BCUT2D eigenvalue weighted by atomic mass is 9.93. The van der Waals surface area contributed by atoms with Gasteiger partial charge >= 0.3 is 0 Å². The van der Waals surface area contributed by atoms with E-state index in [1.54, 1.807) is 23.2 Å². The van der Waals surface area contributed by atoms with Gasteiger partial charge in [-0.1, -0.05) is 36.4 Å². The largest absolute Gasteiger partial charge is 0.336 e. The van der Waals surface area contributed by atoms with Gasteiger partial charge in [0, 0.05) is 25.7 Å². The molecule has 29 heavy (non-hydrogen) atoms. The quantitative estimate of drug-likeness (QED) is 0.770. The standard InChI is InChI=1S/C24H25N3O2/c1-17(2)27(16-20-10-8-19(15-25)9-11-20)24(29)14-23-22-7-5-4-6-21(22)12-13-26(23)18(3)28/h4-13,17,23H,14,16H2,1-3H3. The Kier molecular flexibility index (Phi) is 6.13. The third-order valence-electron chi connectivity index (χ3n) is 5.22. The Hall–Kier alpha value is -3.39. The van der Waals surface area contributed by atoms with E-state index in [4.69, 9.17) is 5.26 Å². The molecule has 1 aliphatic heterocycles. The molecule has 0 saturated carbocycles. The minimum atomic E-state index is -0.316. The second-order valence-corrected chi connectivity index (χ2v) is 7.51. The molecule has 5 nitrogen and oxygen atoms in total. The fraction of sp³-hybridized carbons (Fsp3) is 0.292. The van der Waals surface area contributed by atoms with Crippen LogP contribution >= 0.6 is 0 Å². The van der Waals surface area contributed by atoms with Gasteiger partial charge in [0.2, 0.25) is 11.8 Å². The Balaban J connectivity index is 1.83. The smallest absolute Gasteiger partial charge is 0.225 e. The maximum Gasteiger partial charge on any atom is 0.225 e. The summed E-state index contributed by atoms with van der Waals surface area (Å²) in [5.74, 6) is -0.0949. The predicted octanol–water partition coefficient (Wildman–Crippen LogP) is 4.26. The fourth-order valence-electron chi connectivity index (χ4n) is 3.64. The second kappa shape index (κ2) is 8.74. The van der Waals surface area contributed by atoms with Gasteiger partial charge in [-0.2, -0.15) is 5.26 Å². The molecule has 0 fully saturated rings.